The summed E-state index contributed by atoms with van der Waals surface area (Å²) < 4.78 is 27.6. The second-order valence-corrected chi connectivity index (χ2v) is 8.33. The number of ether oxygens (including phenoxy) is 5. The molecule has 0 aromatic carbocycles. The Morgan fingerprint density at radius 2 is 1.94 bits per heavy atom. The highest BCUT2D eigenvalue weighted by Gasteiger charge is 2.64. The number of epoxide rings is 1. The van der Waals surface area contributed by atoms with Crippen molar-refractivity contribution in [1.29, 1.82) is 0 Å². The van der Waals surface area contributed by atoms with Gasteiger partial charge in [0.25, 0.3) is 0 Å². The van der Waals surface area contributed by atoms with Gasteiger partial charge in [0, 0.05) is 18.1 Å². The molecule has 6 atom stereocenters. The third kappa shape index (κ3) is 4.34. The van der Waals surface area contributed by atoms with Crippen LogP contribution in [0.25, 0.3) is 0 Å². The number of rotatable bonds is 4. The SMILES string of the molecule is C=C1C(=O)O[C@@H]2[C@@H]1[C@@H](OC(=O)/C(C)=C\C)[C@H](OC(C)=O)/C(C(=O)OC)=C\CC[C@]1(C)O[C@@H]21. The largest absolute Gasteiger partial charge is 0.466 e. The van der Waals surface area contributed by atoms with Crippen LogP contribution in [0.2, 0.25) is 0 Å². The number of methoxy groups -OCH3 is 1. The fraction of sp³-hybridized carbons (Fsp3) is 0.565. The third-order valence-corrected chi connectivity index (χ3v) is 6.18. The minimum atomic E-state index is -1.34. The molecule has 2 aliphatic heterocycles. The lowest BCUT2D eigenvalue weighted by molar-refractivity contribution is -0.168. The molecule has 3 aliphatic rings. The van der Waals surface area contributed by atoms with Crippen LogP contribution in [0, 0.1) is 5.92 Å². The van der Waals surface area contributed by atoms with Gasteiger partial charge in [-0.2, -0.15) is 0 Å². The van der Waals surface area contributed by atoms with E-state index in [0.29, 0.717) is 18.4 Å². The van der Waals surface area contributed by atoms with E-state index in [0.717, 1.165) is 0 Å². The molecule has 1 aliphatic carbocycles. The van der Waals surface area contributed by atoms with E-state index in [9.17, 15) is 19.2 Å². The molecule has 9 nitrogen and oxygen atoms in total. The zero-order chi connectivity index (χ0) is 23.8. The average molecular weight is 448 g/mol. The van der Waals surface area contributed by atoms with Gasteiger partial charge in [-0.1, -0.05) is 18.7 Å². The second-order valence-electron chi connectivity index (χ2n) is 8.33. The lowest BCUT2D eigenvalue weighted by atomic mass is 9.80. The number of allylic oxidation sites excluding steroid dienone is 2. The van der Waals surface area contributed by atoms with E-state index in [1.54, 1.807) is 26.0 Å². The third-order valence-electron chi connectivity index (χ3n) is 6.18. The van der Waals surface area contributed by atoms with Gasteiger partial charge in [0.2, 0.25) is 0 Å². The minimum absolute atomic E-state index is 0.00669. The highest BCUT2D eigenvalue weighted by atomic mass is 16.7. The number of hydrogen-bond acceptors (Lipinski definition) is 9. The topological polar surface area (TPSA) is 118 Å². The molecular weight excluding hydrogens is 420 g/mol. The second kappa shape index (κ2) is 8.90. The first-order chi connectivity index (χ1) is 15.0. The van der Waals surface area contributed by atoms with Crippen LogP contribution in [0.3, 0.4) is 0 Å². The highest BCUT2D eigenvalue weighted by Crippen LogP contribution is 2.50. The molecule has 0 N–H and O–H groups in total. The van der Waals surface area contributed by atoms with Crippen molar-refractivity contribution in [3.63, 3.8) is 0 Å². The maximum atomic E-state index is 12.8. The number of hydrogen-bond donors (Lipinski definition) is 0. The Kier molecular flexibility index (Phi) is 6.59. The molecule has 0 saturated carbocycles. The predicted octanol–water partition coefficient (Wildman–Crippen LogP) is 1.94. The van der Waals surface area contributed by atoms with Gasteiger partial charge in [-0.05, 0) is 33.6 Å². The van der Waals surface area contributed by atoms with Crippen molar-refractivity contribution in [3.05, 3.63) is 35.5 Å². The van der Waals surface area contributed by atoms with Crippen LogP contribution in [0.5, 0.6) is 0 Å². The summed E-state index contributed by atoms with van der Waals surface area (Å²) in [6.07, 6.45) is 0.190. The van der Waals surface area contributed by atoms with Gasteiger partial charge in [-0.15, -0.1) is 0 Å². The van der Waals surface area contributed by atoms with Crippen molar-refractivity contribution in [3.8, 4) is 0 Å². The van der Waals surface area contributed by atoms with Crippen LogP contribution < -0.4 is 0 Å². The summed E-state index contributed by atoms with van der Waals surface area (Å²) >= 11 is 0. The van der Waals surface area contributed by atoms with Gasteiger partial charge in [-0.3, -0.25) is 4.79 Å². The molecule has 2 fully saturated rings. The van der Waals surface area contributed by atoms with Crippen molar-refractivity contribution in [2.45, 2.75) is 70.6 Å². The van der Waals surface area contributed by atoms with Gasteiger partial charge >= 0.3 is 23.9 Å². The number of carbonyl (C=O) groups excluding carboxylic acids is 4. The van der Waals surface area contributed by atoms with Gasteiger partial charge in [0.1, 0.15) is 12.2 Å². The monoisotopic (exact) mass is 448 g/mol. The fourth-order valence-corrected chi connectivity index (χ4v) is 4.21. The Balaban J connectivity index is 2.17. The summed E-state index contributed by atoms with van der Waals surface area (Å²) in [6, 6.07) is 0. The first-order valence-corrected chi connectivity index (χ1v) is 10.4. The van der Waals surface area contributed by atoms with E-state index >= 15 is 0 Å². The molecule has 0 amide bonds. The quantitative estimate of drug-likeness (QED) is 0.275. The Bertz CT molecular complexity index is 914. The zero-order valence-electron chi connectivity index (χ0n) is 18.8. The molecule has 3 rings (SSSR count). The van der Waals surface area contributed by atoms with Crippen LogP contribution >= 0.6 is 0 Å². The first-order valence-electron chi connectivity index (χ1n) is 10.4. The highest BCUT2D eigenvalue weighted by molar-refractivity contribution is 5.93. The average Bonchev–Trinajstić information content (AvgIpc) is 3.33. The van der Waals surface area contributed by atoms with Crippen LogP contribution in [0.4, 0.5) is 0 Å². The van der Waals surface area contributed by atoms with Crippen molar-refractivity contribution < 1.29 is 42.9 Å². The summed E-state index contributed by atoms with van der Waals surface area (Å²) in [7, 11) is 1.20. The van der Waals surface area contributed by atoms with Crippen LogP contribution in [0.15, 0.2) is 35.5 Å². The van der Waals surface area contributed by atoms with E-state index in [2.05, 4.69) is 6.58 Å². The van der Waals surface area contributed by atoms with Crippen molar-refractivity contribution in [2.75, 3.05) is 7.11 Å². The zero-order valence-corrected chi connectivity index (χ0v) is 18.8. The summed E-state index contributed by atoms with van der Waals surface area (Å²) in [5, 5.41) is 0. The summed E-state index contributed by atoms with van der Waals surface area (Å²) in [5.41, 5.74) is -0.238. The maximum absolute atomic E-state index is 12.8. The van der Waals surface area contributed by atoms with E-state index in [-0.39, 0.29) is 11.1 Å². The van der Waals surface area contributed by atoms with E-state index < -0.39 is 59.8 Å². The molecular formula is C23H28O9. The smallest absolute Gasteiger partial charge is 0.337 e. The lowest BCUT2D eigenvalue weighted by Crippen LogP contribution is -2.48. The minimum Gasteiger partial charge on any atom is -0.466 e. The number of esters is 4. The van der Waals surface area contributed by atoms with E-state index in [4.69, 9.17) is 23.7 Å². The van der Waals surface area contributed by atoms with Gasteiger partial charge in [-0.25, -0.2) is 14.4 Å². The van der Waals surface area contributed by atoms with E-state index in [1.165, 1.54) is 14.0 Å². The molecule has 9 heteroatoms. The standard InChI is InChI=1S/C23H28O9/c1-7-11(2)20(25)30-17-15-12(3)21(26)31-18(15)19-23(5,32-19)10-8-9-14(22(27)28-6)16(17)29-13(4)24/h7,9,15-19H,3,8,10H2,1-2,4-6H3/b11-7-,14-9+/t15-,16+,17+,18+,19-,23-/m0/s1. The normalized spacial score (nSPS) is 36.0. The molecule has 0 unspecified atom stereocenters. The van der Waals surface area contributed by atoms with Crippen molar-refractivity contribution >= 4 is 23.9 Å². The van der Waals surface area contributed by atoms with Crippen LogP contribution in [-0.2, 0) is 42.9 Å². The molecule has 2 saturated heterocycles. The first kappa shape index (κ1) is 23.7. The molecule has 0 radical (unpaired) electrons. The van der Waals surface area contributed by atoms with Gasteiger partial charge < -0.3 is 23.7 Å². The van der Waals surface area contributed by atoms with Gasteiger partial charge in [0.05, 0.1) is 24.2 Å². The number of carbonyl (C=O) groups is 4. The van der Waals surface area contributed by atoms with E-state index in [1.807, 2.05) is 6.92 Å². The predicted molar refractivity (Wildman–Crippen MR) is 110 cm³/mol. The summed E-state index contributed by atoms with van der Waals surface area (Å²) in [6.45, 7) is 10.1. The Labute approximate surface area is 186 Å². The Hall–Kier alpha value is -2.94. The Morgan fingerprint density at radius 3 is 2.53 bits per heavy atom. The summed E-state index contributed by atoms with van der Waals surface area (Å²) in [5.74, 6) is -3.71. The van der Waals surface area contributed by atoms with Crippen molar-refractivity contribution in [2.24, 2.45) is 5.92 Å². The molecule has 32 heavy (non-hydrogen) atoms. The lowest BCUT2D eigenvalue weighted by Gasteiger charge is -2.33. The molecule has 0 bridgehead atoms. The van der Waals surface area contributed by atoms with Crippen LogP contribution in [-0.4, -0.2) is 61.0 Å². The number of fused-ring (bicyclic) bond motifs is 3. The maximum Gasteiger partial charge on any atom is 0.337 e. The van der Waals surface area contributed by atoms with Gasteiger partial charge in [0.15, 0.2) is 12.2 Å². The molecule has 174 valence electrons. The fourth-order valence-electron chi connectivity index (χ4n) is 4.21. The molecule has 0 aromatic rings. The molecule has 0 aromatic heterocycles. The molecule has 0 spiro atoms. The Morgan fingerprint density at radius 1 is 1.25 bits per heavy atom. The van der Waals surface area contributed by atoms with Crippen molar-refractivity contribution in [1.82, 2.24) is 0 Å². The summed E-state index contributed by atoms with van der Waals surface area (Å²) in [4.78, 5) is 49.9. The van der Waals surface area contributed by atoms with Crippen LogP contribution in [0.1, 0.15) is 40.5 Å². The molecule has 2 heterocycles.